The smallest absolute Gasteiger partial charge is 0.491 e. The lowest BCUT2D eigenvalue weighted by Gasteiger charge is -2.32. The molecule has 0 unspecified atom stereocenters. The van der Waals surface area contributed by atoms with E-state index in [1.807, 2.05) is 12.1 Å². The molecule has 0 aromatic heterocycles. The Labute approximate surface area is 146 Å². The maximum atomic E-state index is 6.15. The predicted octanol–water partition coefficient (Wildman–Crippen LogP) is 4.26. The minimum Gasteiger partial charge on any atom is -0.497 e. The SMILES string of the molecule is COc1cc(C)c(C=C(CS)B2OC(C)(C)C(C)(C)O2)c(C)c1. The summed E-state index contributed by atoms with van der Waals surface area (Å²) in [4.78, 5) is 0. The third-order valence-corrected chi connectivity index (χ3v) is 5.24. The molecule has 0 atom stereocenters. The predicted molar refractivity (Wildman–Crippen MR) is 100 cm³/mol. The molecule has 1 heterocycles. The van der Waals surface area contributed by atoms with E-state index in [2.05, 4.69) is 60.2 Å². The highest BCUT2D eigenvalue weighted by atomic mass is 32.1. The van der Waals surface area contributed by atoms with E-state index in [0.29, 0.717) is 5.75 Å². The molecule has 126 valence electrons. The van der Waals surface area contributed by atoms with Crippen molar-refractivity contribution < 1.29 is 14.0 Å². The van der Waals surface area contributed by atoms with Gasteiger partial charge in [-0.2, -0.15) is 12.6 Å². The molecule has 0 N–H and O–H groups in total. The lowest BCUT2D eigenvalue weighted by molar-refractivity contribution is 0.00578. The van der Waals surface area contributed by atoms with Crippen molar-refractivity contribution in [1.82, 2.24) is 0 Å². The Kier molecular flexibility index (Phi) is 5.24. The van der Waals surface area contributed by atoms with Crippen LogP contribution in [0.15, 0.2) is 17.6 Å². The molecular weight excluding hydrogens is 307 g/mol. The normalized spacial score (nSPS) is 20.0. The highest BCUT2D eigenvalue weighted by Gasteiger charge is 2.52. The molecule has 0 spiro atoms. The number of methoxy groups -OCH3 is 1. The van der Waals surface area contributed by atoms with Crippen LogP contribution in [0, 0.1) is 13.8 Å². The molecule has 3 nitrogen and oxygen atoms in total. The molecule has 0 saturated carbocycles. The molecular formula is C18H27BO3S. The number of benzene rings is 1. The van der Waals surface area contributed by atoms with Gasteiger partial charge in [0.2, 0.25) is 0 Å². The van der Waals surface area contributed by atoms with Gasteiger partial charge in [0.1, 0.15) is 5.75 Å². The number of aryl methyl sites for hydroxylation is 2. The molecule has 5 heteroatoms. The highest BCUT2D eigenvalue weighted by Crippen LogP contribution is 2.39. The van der Waals surface area contributed by atoms with Crippen LogP contribution in [0.1, 0.15) is 44.4 Å². The van der Waals surface area contributed by atoms with E-state index in [9.17, 15) is 0 Å². The summed E-state index contributed by atoms with van der Waals surface area (Å²) < 4.78 is 17.6. The van der Waals surface area contributed by atoms with Crippen molar-refractivity contribution in [1.29, 1.82) is 0 Å². The topological polar surface area (TPSA) is 27.7 Å². The van der Waals surface area contributed by atoms with Crippen LogP contribution in [0.25, 0.3) is 6.08 Å². The fourth-order valence-corrected chi connectivity index (χ4v) is 2.89. The van der Waals surface area contributed by atoms with Crippen molar-refractivity contribution >= 4 is 25.8 Å². The van der Waals surface area contributed by atoms with Crippen LogP contribution >= 0.6 is 12.6 Å². The molecule has 1 aliphatic heterocycles. The van der Waals surface area contributed by atoms with Gasteiger partial charge in [-0.3, -0.25) is 0 Å². The molecule has 23 heavy (non-hydrogen) atoms. The minimum absolute atomic E-state index is 0.344. The van der Waals surface area contributed by atoms with Gasteiger partial charge in [0.05, 0.1) is 18.3 Å². The summed E-state index contributed by atoms with van der Waals surface area (Å²) in [7, 11) is 1.33. The fraction of sp³-hybridized carbons (Fsp3) is 0.556. The van der Waals surface area contributed by atoms with Crippen LogP contribution in [0.5, 0.6) is 5.75 Å². The van der Waals surface area contributed by atoms with Gasteiger partial charge in [0.15, 0.2) is 0 Å². The van der Waals surface area contributed by atoms with Crippen LogP contribution in [0.4, 0.5) is 0 Å². The van der Waals surface area contributed by atoms with Crippen LogP contribution in [-0.4, -0.2) is 31.2 Å². The van der Waals surface area contributed by atoms with Gasteiger partial charge in [0, 0.05) is 5.75 Å². The first-order chi connectivity index (χ1) is 10.6. The van der Waals surface area contributed by atoms with Gasteiger partial charge in [-0.05, 0) is 75.8 Å². The Morgan fingerprint density at radius 3 is 2.00 bits per heavy atom. The average molecular weight is 334 g/mol. The fourth-order valence-electron chi connectivity index (χ4n) is 2.65. The Hall–Kier alpha value is -0.905. The van der Waals surface area contributed by atoms with Crippen molar-refractivity contribution in [2.75, 3.05) is 12.9 Å². The Morgan fingerprint density at radius 2 is 1.61 bits per heavy atom. The number of hydrogen-bond acceptors (Lipinski definition) is 4. The maximum Gasteiger partial charge on any atom is 0.491 e. The van der Waals surface area contributed by atoms with Gasteiger partial charge in [-0.1, -0.05) is 6.08 Å². The largest absolute Gasteiger partial charge is 0.497 e. The first-order valence-electron chi connectivity index (χ1n) is 7.93. The third kappa shape index (κ3) is 3.62. The van der Waals surface area contributed by atoms with E-state index < -0.39 is 0 Å². The molecule has 1 fully saturated rings. The van der Waals surface area contributed by atoms with E-state index in [0.717, 1.165) is 22.3 Å². The van der Waals surface area contributed by atoms with E-state index in [1.54, 1.807) is 7.11 Å². The zero-order valence-electron chi connectivity index (χ0n) is 15.2. The van der Waals surface area contributed by atoms with E-state index >= 15 is 0 Å². The van der Waals surface area contributed by atoms with Crippen molar-refractivity contribution in [3.8, 4) is 5.75 Å². The number of thiol groups is 1. The second-order valence-corrected chi connectivity index (χ2v) is 7.46. The lowest BCUT2D eigenvalue weighted by atomic mass is 9.77. The summed E-state index contributed by atoms with van der Waals surface area (Å²) in [5, 5.41) is 0. The summed E-state index contributed by atoms with van der Waals surface area (Å²) in [6.45, 7) is 12.4. The van der Waals surface area contributed by atoms with E-state index in [4.69, 9.17) is 14.0 Å². The lowest BCUT2D eigenvalue weighted by Crippen LogP contribution is -2.41. The quantitative estimate of drug-likeness (QED) is 0.659. The monoisotopic (exact) mass is 334 g/mol. The number of hydrogen-bond donors (Lipinski definition) is 1. The van der Waals surface area contributed by atoms with Gasteiger partial charge < -0.3 is 14.0 Å². The van der Waals surface area contributed by atoms with Crippen molar-refractivity contribution in [3.63, 3.8) is 0 Å². The molecule has 1 aromatic carbocycles. The molecule has 2 rings (SSSR count). The van der Waals surface area contributed by atoms with Gasteiger partial charge in [-0.15, -0.1) is 0 Å². The van der Waals surface area contributed by atoms with Gasteiger partial charge in [-0.25, -0.2) is 0 Å². The minimum atomic E-state index is -0.363. The van der Waals surface area contributed by atoms with Crippen LogP contribution < -0.4 is 4.74 Å². The molecule has 1 aromatic rings. The first kappa shape index (κ1) is 18.4. The van der Waals surface area contributed by atoms with E-state index in [-0.39, 0.29) is 18.3 Å². The molecule has 0 aliphatic carbocycles. The molecule has 0 amide bonds. The molecule has 0 bridgehead atoms. The summed E-state index contributed by atoms with van der Waals surface area (Å²) >= 11 is 4.49. The van der Waals surface area contributed by atoms with Crippen LogP contribution in [0.2, 0.25) is 0 Å². The molecule has 0 radical (unpaired) electrons. The standard InChI is InChI=1S/C18H27BO3S/c1-12-8-15(20-7)9-13(2)16(12)10-14(11-23)19-21-17(3,4)18(5,6)22-19/h8-10,23H,11H2,1-7H3. The highest BCUT2D eigenvalue weighted by molar-refractivity contribution is 7.80. The average Bonchev–Trinajstić information content (AvgIpc) is 2.66. The van der Waals surface area contributed by atoms with Gasteiger partial charge in [0.25, 0.3) is 0 Å². The maximum absolute atomic E-state index is 6.15. The number of ether oxygens (including phenoxy) is 1. The zero-order valence-corrected chi connectivity index (χ0v) is 16.1. The first-order valence-corrected chi connectivity index (χ1v) is 8.56. The van der Waals surface area contributed by atoms with Crippen molar-refractivity contribution in [2.45, 2.75) is 52.7 Å². The Bertz CT molecular complexity index is 584. The third-order valence-electron chi connectivity index (χ3n) is 4.87. The summed E-state index contributed by atoms with van der Waals surface area (Å²) in [5.74, 6) is 1.46. The Balaban J connectivity index is 2.38. The summed E-state index contributed by atoms with van der Waals surface area (Å²) in [6.07, 6.45) is 2.14. The second-order valence-electron chi connectivity index (χ2n) is 7.14. The Morgan fingerprint density at radius 1 is 1.13 bits per heavy atom. The van der Waals surface area contributed by atoms with E-state index in [1.165, 1.54) is 5.56 Å². The summed E-state index contributed by atoms with van der Waals surface area (Å²) in [6, 6.07) is 4.08. The van der Waals surface area contributed by atoms with Gasteiger partial charge >= 0.3 is 7.12 Å². The molecule has 1 saturated heterocycles. The van der Waals surface area contributed by atoms with Crippen LogP contribution in [0.3, 0.4) is 0 Å². The zero-order chi connectivity index (χ0) is 17.4. The van der Waals surface area contributed by atoms with Crippen LogP contribution in [-0.2, 0) is 9.31 Å². The number of rotatable bonds is 4. The van der Waals surface area contributed by atoms with Crippen molar-refractivity contribution in [2.24, 2.45) is 0 Å². The molecule has 1 aliphatic rings. The van der Waals surface area contributed by atoms with Crippen molar-refractivity contribution in [3.05, 3.63) is 34.3 Å². The summed E-state index contributed by atoms with van der Waals surface area (Å²) in [5.41, 5.74) is 3.84. The second kappa shape index (κ2) is 6.54.